The number of benzene rings is 1. The molecular weight excluding hydrogens is 238 g/mol. The molecule has 1 saturated heterocycles. The van der Waals surface area contributed by atoms with E-state index in [0.29, 0.717) is 24.5 Å². The number of rotatable bonds is 4. The van der Waals surface area contributed by atoms with E-state index in [0.717, 1.165) is 12.5 Å². The number of nitrogens with one attached hydrogen (secondary N) is 1. The van der Waals surface area contributed by atoms with Crippen LogP contribution in [-0.2, 0) is 11.2 Å². The van der Waals surface area contributed by atoms with Crippen molar-refractivity contribution in [3.8, 4) is 0 Å². The van der Waals surface area contributed by atoms with Gasteiger partial charge in [0.2, 0.25) is 0 Å². The topological polar surface area (TPSA) is 47.3 Å². The second-order valence-corrected chi connectivity index (χ2v) is 4.86. The number of halogens is 2. The van der Waals surface area contributed by atoms with E-state index < -0.39 is 11.6 Å². The van der Waals surface area contributed by atoms with Crippen LogP contribution in [0.4, 0.5) is 8.78 Å². The van der Waals surface area contributed by atoms with Gasteiger partial charge in [-0.15, -0.1) is 0 Å². The molecule has 0 spiro atoms. The van der Waals surface area contributed by atoms with Crippen molar-refractivity contribution in [2.75, 3.05) is 6.61 Å². The van der Waals surface area contributed by atoms with Crippen LogP contribution in [0, 0.1) is 17.6 Å². The van der Waals surface area contributed by atoms with Crippen molar-refractivity contribution in [1.29, 1.82) is 0 Å². The molecule has 5 heteroatoms. The van der Waals surface area contributed by atoms with Crippen molar-refractivity contribution >= 4 is 0 Å². The molecule has 1 aromatic rings. The Labute approximate surface area is 105 Å². The standard InChI is InChI=1S/C13H18F2N2O/c1-8-2-3-18-13(8)12(17-16)6-9-4-10(14)7-11(15)5-9/h4-5,7-8,12-13,17H,2-3,6,16H2,1H3. The Kier molecular flexibility index (Phi) is 4.27. The predicted octanol–water partition coefficient (Wildman–Crippen LogP) is 1.76. The molecule has 0 radical (unpaired) electrons. The number of hydrogen-bond donors (Lipinski definition) is 2. The fraction of sp³-hybridized carbons (Fsp3) is 0.538. The van der Waals surface area contributed by atoms with Gasteiger partial charge in [0.15, 0.2) is 0 Å². The molecule has 0 amide bonds. The van der Waals surface area contributed by atoms with Crippen molar-refractivity contribution in [3.63, 3.8) is 0 Å². The lowest BCUT2D eigenvalue weighted by molar-refractivity contribution is 0.0610. The minimum Gasteiger partial charge on any atom is -0.376 e. The molecule has 1 heterocycles. The molecule has 0 aliphatic carbocycles. The third kappa shape index (κ3) is 3.04. The summed E-state index contributed by atoms with van der Waals surface area (Å²) in [6.07, 6.45) is 1.42. The molecule has 1 aliphatic heterocycles. The first kappa shape index (κ1) is 13.4. The molecule has 0 aromatic heterocycles. The third-order valence-electron chi connectivity index (χ3n) is 3.43. The van der Waals surface area contributed by atoms with Crippen LogP contribution in [0.2, 0.25) is 0 Å². The van der Waals surface area contributed by atoms with E-state index >= 15 is 0 Å². The molecule has 1 aliphatic rings. The van der Waals surface area contributed by atoms with Gasteiger partial charge in [-0.05, 0) is 36.5 Å². The van der Waals surface area contributed by atoms with Crippen LogP contribution >= 0.6 is 0 Å². The Balaban J connectivity index is 2.09. The normalized spacial score (nSPS) is 25.3. The number of hydrazine groups is 1. The van der Waals surface area contributed by atoms with Crippen LogP contribution in [-0.4, -0.2) is 18.8 Å². The van der Waals surface area contributed by atoms with Gasteiger partial charge in [-0.1, -0.05) is 6.92 Å². The van der Waals surface area contributed by atoms with Crippen molar-refractivity contribution in [1.82, 2.24) is 5.43 Å². The van der Waals surface area contributed by atoms with E-state index in [-0.39, 0.29) is 12.1 Å². The summed E-state index contributed by atoms with van der Waals surface area (Å²) in [4.78, 5) is 0. The van der Waals surface area contributed by atoms with Gasteiger partial charge >= 0.3 is 0 Å². The molecule has 2 rings (SSSR count). The maximum absolute atomic E-state index is 13.1. The number of nitrogens with two attached hydrogens (primary N) is 1. The first-order valence-corrected chi connectivity index (χ1v) is 6.13. The minimum absolute atomic E-state index is 0.0127. The molecule has 3 nitrogen and oxygen atoms in total. The Morgan fingerprint density at radius 1 is 1.39 bits per heavy atom. The molecule has 3 unspecified atom stereocenters. The van der Waals surface area contributed by atoms with Gasteiger partial charge in [-0.2, -0.15) is 0 Å². The fourth-order valence-corrected chi connectivity index (χ4v) is 2.48. The molecule has 100 valence electrons. The Bertz CT molecular complexity index is 394. The summed E-state index contributed by atoms with van der Waals surface area (Å²) in [7, 11) is 0. The molecule has 3 N–H and O–H groups in total. The summed E-state index contributed by atoms with van der Waals surface area (Å²) in [5.41, 5.74) is 3.27. The average Bonchev–Trinajstić information content (AvgIpc) is 2.71. The van der Waals surface area contributed by atoms with Gasteiger partial charge in [-0.3, -0.25) is 11.3 Å². The van der Waals surface area contributed by atoms with Crippen LogP contribution in [0.3, 0.4) is 0 Å². The van der Waals surface area contributed by atoms with Crippen LogP contribution in [0.25, 0.3) is 0 Å². The molecule has 1 fully saturated rings. The van der Waals surface area contributed by atoms with Crippen LogP contribution in [0.5, 0.6) is 0 Å². The zero-order valence-corrected chi connectivity index (χ0v) is 10.3. The molecule has 1 aromatic carbocycles. The van der Waals surface area contributed by atoms with Gasteiger partial charge < -0.3 is 4.74 Å². The fourth-order valence-electron chi connectivity index (χ4n) is 2.48. The van der Waals surface area contributed by atoms with Crippen molar-refractivity contribution in [2.24, 2.45) is 11.8 Å². The Hall–Kier alpha value is -1.04. The van der Waals surface area contributed by atoms with Gasteiger partial charge in [0.05, 0.1) is 12.1 Å². The predicted molar refractivity (Wildman–Crippen MR) is 64.7 cm³/mol. The number of ether oxygens (including phenoxy) is 1. The second-order valence-electron chi connectivity index (χ2n) is 4.86. The van der Waals surface area contributed by atoms with E-state index in [1.54, 1.807) is 0 Å². The monoisotopic (exact) mass is 256 g/mol. The first-order valence-electron chi connectivity index (χ1n) is 6.13. The average molecular weight is 256 g/mol. The molecule has 3 atom stereocenters. The summed E-state index contributed by atoms with van der Waals surface area (Å²) in [5, 5.41) is 0. The van der Waals surface area contributed by atoms with E-state index in [2.05, 4.69) is 12.3 Å². The first-order chi connectivity index (χ1) is 8.60. The van der Waals surface area contributed by atoms with Crippen molar-refractivity contribution in [3.05, 3.63) is 35.4 Å². The van der Waals surface area contributed by atoms with Crippen LogP contribution in [0.15, 0.2) is 18.2 Å². The highest BCUT2D eigenvalue weighted by Gasteiger charge is 2.31. The van der Waals surface area contributed by atoms with Gasteiger partial charge in [0.25, 0.3) is 0 Å². The Morgan fingerprint density at radius 2 is 2.06 bits per heavy atom. The zero-order chi connectivity index (χ0) is 13.1. The maximum atomic E-state index is 13.1. The van der Waals surface area contributed by atoms with Crippen LogP contribution in [0.1, 0.15) is 18.9 Å². The van der Waals surface area contributed by atoms with Crippen molar-refractivity contribution in [2.45, 2.75) is 31.9 Å². The number of hydrogen-bond acceptors (Lipinski definition) is 3. The minimum atomic E-state index is -0.568. The summed E-state index contributed by atoms with van der Waals surface area (Å²) in [5.74, 6) is 4.78. The molecule has 0 saturated carbocycles. The second kappa shape index (κ2) is 5.73. The van der Waals surface area contributed by atoms with E-state index in [1.165, 1.54) is 12.1 Å². The molecular formula is C13H18F2N2O. The van der Waals surface area contributed by atoms with Crippen molar-refractivity contribution < 1.29 is 13.5 Å². The maximum Gasteiger partial charge on any atom is 0.126 e. The highest BCUT2D eigenvalue weighted by molar-refractivity contribution is 5.19. The van der Waals surface area contributed by atoms with E-state index in [1.807, 2.05) is 0 Å². The summed E-state index contributed by atoms with van der Waals surface area (Å²) < 4.78 is 31.8. The van der Waals surface area contributed by atoms with Crippen LogP contribution < -0.4 is 11.3 Å². The smallest absolute Gasteiger partial charge is 0.126 e. The summed E-state index contributed by atoms with van der Waals surface area (Å²) >= 11 is 0. The molecule has 0 bridgehead atoms. The third-order valence-corrected chi connectivity index (χ3v) is 3.43. The lowest BCUT2D eigenvalue weighted by Crippen LogP contribution is -2.47. The SMILES string of the molecule is CC1CCOC1C(Cc1cc(F)cc(F)c1)NN. The lowest BCUT2D eigenvalue weighted by Gasteiger charge is -2.25. The van der Waals surface area contributed by atoms with Gasteiger partial charge in [-0.25, -0.2) is 8.78 Å². The lowest BCUT2D eigenvalue weighted by atomic mass is 9.93. The molecule has 18 heavy (non-hydrogen) atoms. The van der Waals surface area contributed by atoms with Gasteiger partial charge in [0.1, 0.15) is 11.6 Å². The summed E-state index contributed by atoms with van der Waals surface area (Å²) in [6.45, 7) is 2.80. The summed E-state index contributed by atoms with van der Waals surface area (Å²) in [6, 6.07) is 3.38. The Morgan fingerprint density at radius 3 is 2.56 bits per heavy atom. The van der Waals surface area contributed by atoms with E-state index in [9.17, 15) is 8.78 Å². The highest BCUT2D eigenvalue weighted by atomic mass is 19.1. The quantitative estimate of drug-likeness (QED) is 0.637. The largest absolute Gasteiger partial charge is 0.376 e. The zero-order valence-electron chi connectivity index (χ0n) is 10.3. The van der Waals surface area contributed by atoms with Gasteiger partial charge in [0, 0.05) is 12.7 Å². The van der Waals surface area contributed by atoms with E-state index in [4.69, 9.17) is 10.6 Å². The highest BCUT2D eigenvalue weighted by Crippen LogP contribution is 2.24.